The zero-order chi connectivity index (χ0) is 6.95. The fourth-order valence-corrected chi connectivity index (χ4v) is 0.258. The lowest BCUT2D eigenvalue weighted by Gasteiger charge is -1.82. The van der Waals surface area contributed by atoms with Crippen molar-refractivity contribution in [2.24, 2.45) is 10.4 Å². The molecule has 0 bridgehead atoms. The molecule has 3 heteroatoms. The largest absolute Gasteiger partial charge is 0.348 e. The summed E-state index contributed by atoms with van der Waals surface area (Å²) in [5, 5.41) is 6.96. The number of allylic oxidation sites excluding steroid dienone is 1. The van der Waals surface area contributed by atoms with Gasteiger partial charge in [-0.15, -0.1) is 0 Å². The molecule has 0 saturated carbocycles. The quantitative estimate of drug-likeness (QED) is 0.325. The summed E-state index contributed by atoms with van der Waals surface area (Å²) in [5.74, 6) is 0. The zero-order valence-electron chi connectivity index (χ0n) is 5.87. The summed E-state index contributed by atoms with van der Waals surface area (Å²) in [6.45, 7) is 4.59. The molecule has 0 spiro atoms. The first-order valence-corrected chi connectivity index (χ1v) is 3.09. The SMILES string of the molecule is CC/C=C\ON=NCC. The highest BCUT2D eigenvalue weighted by molar-refractivity contribution is 4.69. The lowest BCUT2D eigenvalue weighted by atomic mass is 10.5. The minimum Gasteiger partial charge on any atom is -0.348 e. The average Bonchev–Trinajstić information content (AvgIpc) is 1.89. The van der Waals surface area contributed by atoms with E-state index in [-0.39, 0.29) is 0 Å². The molecule has 0 aliphatic heterocycles. The fourth-order valence-electron chi connectivity index (χ4n) is 0.258. The second-order valence-corrected chi connectivity index (χ2v) is 1.42. The maximum absolute atomic E-state index is 4.59. The molecule has 0 rings (SSSR count). The van der Waals surface area contributed by atoms with Crippen molar-refractivity contribution in [2.75, 3.05) is 6.54 Å². The molecular formula is C6H12N2O. The van der Waals surface area contributed by atoms with Gasteiger partial charge in [0.1, 0.15) is 6.26 Å². The van der Waals surface area contributed by atoms with Gasteiger partial charge in [0, 0.05) is 5.28 Å². The van der Waals surface area contributed by atoms with Gasteiger partial charge in [0.05, 0.1) is 6.54 Å². The van der Waals surface area contributed by atoms with Gasteiger partial charge in [-0.1, -0.05) is 6.92 Å². The lowest BCUT2D eigenvalue weighted by molar-refractivity contribution is 0.236. The Labute approximate surface area is 55.4 Å². The van der Waals surface area contributed by atoms with Gasteiger partial charge in [0.2, 0.25) is 0 Å². The van der Waals surface area contributed by atoms with Gasteiger partial charge in [-0.3, -0.25) is 0 Å². The van der Waals surface area contributed by atoms with Gasteiger partial charge in [-0.05, 0) is 19.4 Å². The molecule has 3 nitrogen and oxygen atoms in total. The Balaban J connectivity index is 3.08. The number of hydrogen-bond donors (Lipinski definition) is 0. The molecule has 0 unspecified atom stereocenters. The van der Waals surface area contributed by atoms with Crippen LogP contribution in [0.5, 0.6) is 0 Å². The van der Waals surface area contributed by atoms with E-state index in [1.165, 1.54) is 6.26 Å². The molecule has 0 aromatic heterocycles. The highest BCUT2D eigenvalue weighted by Crippen LogP contribution is 1.83. The minimum atomic E-state index is 0.667. The summed E-state index contributed by atoms with van der Waals surface area (Å²) < 4.78 is 0. The van der Waals surface area contributed by atoms with E-state index >= 15 is 0 Å². The van der Waals surface area contributed by atoms with Crippen LogP contribution < -0.4 is 0 Å². The van der Waals surface area contributed by atoms with Crippen LogP contribution in [-0.4, -0.2) is 6.54 Å². The molecule has 0 radical (unpaired) electrons. The highest BCUT2D eigenvalue weighted by atomic mass is 16.6. The van der Waals surface area contributed by atoms with Crippen molar-refractivity contribution >= 4 is 0 Å². The van der Waals surface area contributed by atoms with E-state index < -0.39 is 0 Å². The second kappa shape index (κ2) is 7.14. The molecule has 9 heavy (non-hydrogen) atoms. The van der Waals surface area contributed by atoms with Gasteiger partial charge in [0.25, 0.3) is 0 Å². The Bertz CT molecular complexity index is 87.2. The third-order valence-electron chi connectivity index (χ3n) is 0.639. The summed E-state index contributed by atoms with van der Waals surface area (Å²) in [5.41, 5.74) is 0. The Kier molecular flexibility index (Phi) is 6.46. The highest BCUT2D eigenvalue weighted by Gasteiger charge is 1.67. The molecule has 0 aromatic rings. The van der Waals surface area contributed by atoms with E-state index in [2.05, 4.69) is 15.2 Å². The first kappa shape index (κ1) is 8.14. The predicted molar refractivity (Wildman–Crippen MR) is 35.9 cm³/mol. The van der Waals surface area contributed by atoms with Crippen LogP contribution in [0.25, 0.3) is 0 Å². The molecule has 0 fully saturated rings. The number of nitrogens with zero attached hydrogens (tertiary/aromatic N) is 2. The maximum Gasteiger partial charge on any atom is 0.120 e. The van der Waals surface area contributed by atoms with Crippen molar-refractivity contribution in [3.63, 3.8) is 0 Å². The van der Waals surface area contributed by atoms with Crippen molar-refractivity contribution in [1.82, 2.24) is 0 Å². The first-order valence-electron chi connectivity index (χ1n) is 3.09. The monoisotopic (exact) mass is 128 g/mol. The third kappa shape index (κ3) is 7.14. The molecule has 0 aliphatic carbocycles. The van der Waals surface area contributed by atoms with Crippen LogP contribution in [0.2, 0.25) is 0 Å². The van der Waals surface area contributed by atoms with Gasteiger partial charge < -0.3 is 4.84 Å². The molecular weight excluding hydrogens is 116 g/mol. The number of rotatable bonds is 4. The molecule has 0 amide bonds. The van der Waals surface area contributed by atoms with Crippen molar-refractivity contribution in [1.29, 1.82) is 0 Å². The van der Waals surface area contributed by atoms with Crippen LogP contribution in [0, 0.1) is 0 Å². The normalized spacial score (nSPS) is 11.3. The summed E-state index contributed by atoms with van der Waals surface area (Å²) in [4.78, 5) is 4.59. The van der Waals surface area contributed by atoms with Crippen LogP contribution in [0.15, 0.2) is 22.7 Å². The van der Waals surface area contributed by atoms with E-state index in [4.69, 9.17) is 0 Å². The van der Waals surface area contributed by atoms with Crippen molar-refractivity contribution in [3.8, 4) is 0 Å². The maximum atomic E-state index is 4.59. The van der Waals surface area contributed by atoms with E-state index in [1.807, 2.05) is 19.9 Å². The lowest BCUT2D eigenvalue weighted by Crippen LogP contribution is -1.66. The van der Waals surface area contributed by atoms with E-state index in [0.717, 1.165) is 6.42 Å². The molecule has 0 saturated heterocycles. The standard InChI is InChI=1S/C6H12N2O/c1-3-5-6-9-8-7-4-2/h5-6H,3-4H2,1-2H3/b6-5-,8-7?. The molecule has 0 heterocycles. The van der Waals surface area contributed by atoms with Crippen molar-refractivity contribution in [2.45, 2.75) is 20.3 Å². The van der Waals surface area contributed by atoms with Gasteiger partial charge in [0.15, 0.2) is 0 Å². The fraction of sp³-hybridized carbons (Fsp3) is 0.667. The van der Waals surface area contributed by atoms with Gasteiger partial charge in [-0.2, -0.15) is 5.11 Å². The van der Waals surface area contributed by atoms with Gasteiger partial charge >= 0.3 is 0 Å². The van der Waals surface area contributed by atoms with E-state index in [9.17, 15) is 0 Å². The van der Waals surface area contributed by atoms with Crippen LogP contribution in [0.3, 0.4) is 0 Å². The van der Waals surface area contributed by atoms with Crippen LogP contribution in [0.1, 0.15) is 20.3 Å². The van der Waals surface area contributed by atoms with Crippen molar-refractivity contribution < 1.29 is 4.84 Å². The summed E-state index contributed by atoms with van der Waals surface area (Å²) in [6, 6.07) is 0. The number of hydrogen-bond acceptors (Lipinski definition) is 3. The Morgan fingerprint density at radius 1 is 1.44 bits per heavy atom. The molecule has 0 N–H and O–H groups in total. The first-order chi connectivity index (χ1) is 4.41. The smallest absolute Gasteiger partial charge is 0.120 e. The Hall–Kier alpha value is -0.860. The molecule has 0 aromatic carbocycles. The topological polar surface area (TPSA) is 34.0 Å². The second-order valence-electron chi connectivity index (χ2n) is 1.42. The molecule has 52 valence electrons. The molecule has 0 atom stereocenters. The average molecular weight is 128 g/mol. The Morgan fingerprint density at radius 2 is 2.22 bits per heavy atom. The van der Waals surface area contributed by atoms with Crippen LogP contribution in [-0.2, 0) is 4.84 Å². The van der Waals surface area contributed by atoms with Gasteiger partial charge in [-0.25, -0.2) is 0 Å². The van der Waals surface area contributed by atoms with Crippen LogP contribution in [0.4, 0.5) is 0 Å². The van der Waals surface area contributed by atoms with Crippen LogP contribution >= 0.6 is 0 Å². The van der Waals surface area contributed by atoms with E-state index in [0.29, 0.717) is 6.54 Å². The third-order valence-corrected chi connectivity index (χ3v) is 0.639. The minimum absolute atomic E-state index is 0.667. The summed E-state index contributed by atoms with van der Waals surface area (Å²) in [7, 11) is 0. The van der Waals surface area contributed by atoms with E-state index in [1.54, 1.807) is 0 Å². The summed E-state index contributed by atoms with van der Waals surface area (Å²) in [6.07, 6.45) is 4.36. The molecule has 0 aliphatic rings. The van der Waals surface area contributed by atoms with Crippen molar-refractivity contribution in [3.05, 3.63) is 12.3 Å². The zero-order valence-corrected chi connectivity index (χ0v) is 5.87. The Morgan fingerprint density at radius 3 is 2.78 bits per heavy atom. The summed E-state index contributed by atoms with van der Waals surface area (Å²) >= 11 is 0. The predicted octanol–water partition coefficient (Wildman–Crippen LogP) is 2.31.